The van der Waals surface area contributed by atoms with Crippen molar-refractivity contribution in [2.24, 2.45) is 0 Å². The molecule has 0 radical (unpaired) electrons. The molecule has 4 nitrogen and oxygen atoms in total. The summed E-state index contributed by atoms with van der Waals surface area (Å²) in [5.74, 6) is 0.254. The van der Waals surface area contributed by atoms with Crippen molar-refractivity contribution in [3.8, 4) is 0 Å². The first-order valence-corrected chi connectivity index (χ1v) is 6.96. The molecule has 0 saturated carbocycles. The van der Waals surface area contributed by atoms with E-state index in [1.54, 1.807) is 0 Å². The van der Waals surface area contributed by atoms with Gasteiger partial charge in [0.1, 0.15) is 0 Å². The van der Waals surface area contributed by atoms with Crippen molar-refractivity contribution in [3.63, 3.8) is 0 Å². The number of aromatic nitrogens is 1. The van der Waals surface area contributed by atoms with Gasteiger partial charge in [-0.05, 0) is 25.1 Å². The van der Waals surface area contributed by atoms with Crippen molar-refractivity contribution in [2.45, 2.75) is 19.8 Å². The lowest BCUT2D eigenvalue weighted by Crippen LogP contribution is -2.30. The molecule has 0 fully saturated rings. The van der Waals surface area contributed by atoms with Crippen LogP contribution in [0.3, 0.4) is 0 Å². The standard InChI is InChI=1S/C16H21N3O/c1-11(2)15-10-13(16(20)18-9-8-17-3)12-6-4-5-7-14(12)19-15/h4-7,10-11,17H,8-9H2,1-3H3,(H,18,20). The highest BCUT2D eigenvalue weighted by molar-refractivity contribution is 6.06. The van der Waals surface area contributed by atoms with Crippen LogP contribution in [0.2, 0.25) is 0 Å². The molecule has 2 rings (SSSR count). The SMILES string of the molecule is CNCCNC(=O)c1cc(C(C)C)nc2ccccc12. The van der Waals surface area contributed by atoms with Gasteiger partial charge in [-0.2, -0.15) is 0 Å². The maximum absolute atomic E-state index is 12.3. The minimum absolute atomic E-state index is 0.0410. The van der Waals surface area contributed by atoms with Crippen LogP contribution in [0.1, 0.15) is 35.8 Å². The molecule has 0 aliphatic heterocycles. The van der Waals surface area contributed by atoms with Crippen LogP contribution in [-0.2, 0) is 0 Å². The maximum atomic E-state index is 12.3. The fourth-order valence-electron chi connectivity index (χ4n) is 2.08. The minimum Gasteiger partial charge on any atom is -0.351 e. The predicted octanol–water partition coefficient (Wildman–Crippen LogP) is 2.31. The zero-order valence-corrected chi connectivity index (χ0v) is 12.2. The van der Waals surface area contributed by atoms with Crippen molar-refractivity contribution < 1.29 is 4.79 Å². The number of amides is 1. The summed E-state index contributed by atoms with van der Waals surface area (Å²) in [6.45, 7) is 5.54. The molecule has 0 unspecified atom stereocenters. The molecule has 2 aromatic rings. The average molecular weight is 271 g/mol. The summed E-state index contributed by atoms with van der Waals surface area (Å²) in [6, 6.07) is 9.68. The number of nitrogens with zero attached hydrogens (tertiary/aromatic N) is 1. The van der Waals surface area contributed by atoms with E-state index in [0.29, 0.717) is 18.0 Å². The first-order valence-electron chi connectivity index (χ1n) is 6.96. The molecular formula is C16H21N3O. The Balaban J connectivity index is 2.41. The number of benzene rings is 1. The number of carbonyl (C=O) groups is 1. The summed E-state index contributed by atoms with van der Waals surface area (Å²) in [5, 5.41) is 6.84. The van der Waals surface area contributed by atoms with Crippen LogP contribution in [0.5, 0.6) is 0 Å². The number of likely N-dealkylation sites (N-methyl/N-ethyl adjacent to an activating group) is 1. The molecule has 4 heteroatoms. The number of fused-ring (bicyclic) bond motifs is 1. The van der Waals surface area contributed by atoms with E-state index < -0.39 is 0 Å². The average Bonchev–Trinajstić information content (AvgIpc) is 2.46. The van der Waals surface area contributed by atoms with E-state index in [9.17, 15) is 4.79 Å². The number of hydrogen-bond acceptors (Lipinski definition) is 3. The molecule has 1 heterocycles. The quantitative estimate of drug-likeness (QED) is 0.821. The smallest absolute Gasteiger partial charge is 0.252 e. The Kier molecular flexibility index (Phi) is 4.69. The minimum atomic E-state index is -0.0410. The molecule has 0 spiro atoms. The van der Waals surface area contributed by atoms with Gasteiger partial charge in [0.15, 0.2) is 0 Å². The summed E-state index contributed by atoms with van der Waals surface area (Å²) >= 11 is 0. The van der Waals surface area contributed by atoms with Crippen molar-refractivity contribution in [1.82, 2.24) is 15.6 Å². The molecule has 0 atom stereocenters. The van der Waals surface area contributed by atoms with Crippen molar-refractivity contribution in [1.29, 1.82) is 0 Å². The molecule has 0 bridgehead atoms. The Morgan fingerprint density at radius 2 is 2.00 bits per heavy atom. The summed E-state index contributed by atoms with van der Waals surface area (Å²) < 4.78 is 0. The summed E-state index contributed by atoms with van der Waals surface area (Å²) in [7, 11) is 1.87. The van der Waals surface area contributed by atoms with Crippen molar-refractivity contribution in [2.75, 3.05) is 20.1 Å². The van der Waals surface area contributed by atoms with Gasteiger partial charge in [0.25, 0.3) is 5.91 Å². The van der Waals surface area contributed by atoms with Crippen LogP contribution in [0.25, 0.3) is 10.9 Å². The third-order valence-corrected chi connectivity index (χ3v) is 3.23. The summed E-state index contributed by atoms with van der Waals surface area (Å²) in [5.41, 5.74) is 2.52. The first-order chi connectivity index (χ1) is 9.63. The first kappa shape index (κ1) is 14.5. The van der Waals surface area contributed by atoms with Gasteiger partial charge in [-0.1, -0.05) is 32.0 Å². The third kappa shape index (κ3) is 3.14. The second kappa shape index (κ2) is 6.48. The fourth-order valence-corrected chi connectivity index (χ4v) is 2.08. The lowest BCUT2D eigenvalue weighted by molar-refractivity contribution is 0.0955. The molecule has 106 valence electrons. The highest BCUT2D eigenvalue weighted by Gasteiger charge is 2.13. The maximum Gasteiger partial charge on any atom is 0.252 e. The van der Waals surface area contributed by atoms with Gasteiger partial charge < -0.3 is 10.6 Å². The van der Waals surface area contributed by atoms with Crippen molar-refractivity contribution in [3.05, 3.63) is 41.6 Å². The summed E-state index contributed by atoms with van der Waals surface area (Å²) in [6.07, 6.45) is 0. The van der Waals surface area contributed by atoms with E-state index >= 15 is 0 Å². The normalized spacial score (nSPS) is 11.0. The topological polar surface area (TPSA) is 54.0 Å². The highest BCUT2D eigenvalue weighted by atomic mass is 16.1. The Labute approximate surface area is 119 Å². The molecule has 1 aromatic heterocycles. The molecule has 2 N–H and O–H groups in total. The van der Waals surface area contributed by atoms with Gasteiger partial charge in [-0.25, -0.2) is 0 Å². The molecule has 1 aromatic carbocycles. The van der Waals surface area contributed by atoms with E-state index in [4.69, 9.17) is 0 Å². The highest BCUT2D eigenvalue weighted by Crippen LogP contribution is 2.22. The molecule has 0 aliphatic carbocycles. The van der Waals surface area contributed by atoms with Crippen LogP contribution < -0.4 is 10.6 Å². The molecule has 0 saturated heterocycles. The largest absolute Gasteiger partial charge is 0.351 e. The van der Waals surface area contributed by atoms with E-state index in [-0.39, 0.29) is 5.91 Å². The zero-order valence-electron chi connectivity index (χ0n) is 12.2. The second-order valence-corrected chi connectivity index (χ2v) is 5.13. The van der Waals surface area contributed by atoms with Crippen LogP contribution in [0.4, 0.5) is 0 Å². The lowest BCUT2D eigenvalue weighted by atomic mass is 10.0. The van der Waals surface area contributed by atoms with E-state index in [1.165, 1.54) is 0 Å². The summed E-state index contributed by atoms with van der Waals surface area (Å²) in [4.78, 5) is 17.0. The Hall–Kier alpha value is -1.94. The molecule has 1 amide bonds. The van der Waals surface area contributed by atoms with E-state index in [0.717, 1.165) is 23.1 Å². The van der Waals surface area contributed by atoms with Gasteiger partial charge in [0, 0.05) is 24.2 Å². The van der Waals surface area contributed by atoms with Gasteiger partial charge >= 0.3 is 0 Å². The van der Waals surface area contributed by atoms with Crippen LogP contribution in [-0.4, -0.2) is 31.0 Å². The molecule has 0 aliphatic rings. The monoisotopic (exact) mass is 271 g/mol. The number of pyridine rings is 1. The number of carbonyl (C=O) groups excluding carboxylic acids is 1. The van der Waals surface area contributed by atoms with Gasteiger partial charge in [0.2, 0.25) is 0 Å². The molecular weight excluding hydrogens is 250 g/mol. The third-order valence-electron chi connectivity index (χ3n) is 3.23. The fraction of sp³-hybridized carbons (Fsp3) is 0.375. The van der Waals surface area contributed by atoms with E-state index in [1.807, 2.05) is 37.4 Å². The van der Waals surface area contributed by atoms with Gasteiger partial charge in [-0.3, -0.25) is 9.78 Å². The Bertz CT molecular complexity index is 608. The second-order valence-electron chi connectivity index (χ2n) is 5.13. The number of hydrogen-bond donors (Lipinski definition) is 2. The number of nitrogens with one attached hydrogen (secondary N) is 2. The predicted molar refractivity (Wildman–Crippen MR) is 82.1 cm³/mol. The van der Waals surface area contributed by atoms with Crippen LogP contribution in [0, 0.1) is 0 Å². The Morgan fingerprint density at radius 3 is 2.70 bits per heavy atom. The van der Waals surface area contributed by atoms with Crippen LogP contribution >= 0.6 is 0 Å². The van der Waals surface area contributed by atoms with E-state index in [2.05, 4.69) is 29.5 Å². The van der Waals surface area contributed by atoms with Gasteiger partial charge in [0.05, 0.1) is 11.1 Å². The van der Waals surface area contributed by atoms with Crippen LogP contribution in [0.15, 0.2) is 30.3 Å². The van der Waals surface area contributed by atoms with Crippen molar-refractivity contribution >= 4 is 16.8 Å². The van der Waals surface area contributed by atoms with Gasteiger partial charge in [-0.15, -0.1) is 0 Å². The number of para-hydroxylation sites is 1. The lowest BCUT2D eigenvalue weighted by Gasteiger charge is -2.12. The molecule has 20 heavy (non-hydrogen) atoms. The number of rotatable bonds is 5. The Morgan fingerprint density at radius 1 is 1.25 bits per heavy atom. The zero-order chi connectivity index (χ0) is 14.5.